The highest BCUT2D eigenvalue weighted by atomic mass is 16.3. The third-order valence-corrected chi connectivity index (χ3v) is 4.33. The molecule has 102 valence electrons. The van der Waals surface area contributed by atoms with E-state index in [0.29, 0.717) is 6.04 Å². The summed E-state index contributed by atoms with van der Waals surface area (Å²) in [5, 5.41) is 9.59. The van der Waals surface area contributed by atoms with E-state index in [9.17, 15) is 5.11 Å². The number of aryl methyl sites for hydroxylation is 1. The van der Waals surface area contributed by atoms with Crippen molar-refractivity contribution in [3.05, 3.63) is 24.5 Å². The third-order valence-electron chi connectivity index (χ3n) is 4.33. The van der Waals surface area contributed by atoms with E-state index in [1.807, 2.05) is 17.9 Å². The van der Waals surface area contributed by atoms with Gasteiger partial charge < -0.3 is 14.6 Å². The van der Waals surface area contributed by atoms with Gasteiger partial charge in [-0.15, -0.1) is 0 Å². The molecule has 1 aromatic heterocycles. The second-order valence-corrected chi connectivity index (χ2v) is 5.60. The third kappa shape index (κ3) is 2.32. The summed E-state index contributed by atoms with van der Waals surface area (Å²) >= 11 is 0. The maximum absolute atomic E-state index is 9.59. The van der Waals surface area contributed by atoms with Crippen LogP contribution in [0.15, 0.2) is 24.5 Å². The normalized spacial score (nSPS) is 23.7. The first-order valence-corrected chi connectivity index (χ1v) is 6.97. The number of hydrogen-bond donors (Lipinski definition) is 1. The lowest BCUT2D eigenvalue weighted by atomic mass is 9.92. The number of hydrogen-bond acceptors (Lipinski definition) is 3. The molecule has 1 saturated carbocycles. The highest BCUT2D eigenvalue weighted by molar-refractivity contribution is 5.79. The van der Waals surface area contributed by atoms with E-state index in [-0.39, 0.29) is 6.10 Å². The second-order valence-electron chi connectivity index (χ2n) is 5.60. The fourth-order valence-electron chi connectivity index (χ4n) is 3.00. The molecule has 0 saturated heterocycles. The highest BCUT2D eigenvalue weighted by Crippen LogP contribution is 2.28. The van der Waals surface area contributed by atoms with Gasteiger partial charge in [-0.25, -0.2) is 4.98 Å². The molecule has 1 aliphatic rings. The Balaban J connectivity index is 1.83. The molecule has 4 heteroatoms. The topological polar surface area (TPSA) is 41.3 Å². The van der Waals surface area contributed by atoms with Gasteiger partial charge in [-0.1, -0.05) is 0 Å². The summed E-state index contributed by atoms with van der Waals surface area (Å²) in [5.41, 5.74) is 3.42. The summed E-state index contributed by atoms with van der Waals surface area (Å²) in [5.74, 6) is 0. The van der Waals surface area contributed by atoms with Crippen molar-refractivity contribution in [2.75, 3.05) is 11.9 Å². The molecule has 19 heavy (non-hydrogen) atoms. The Kier molecular flexibility index (Phi) is 3.19. The van der Waals surface area contributed by atoms with Crippen LogP contribution < -0.4 is 4.90 Å². The Morgan fingerprint density at radius 3 is 2.74 bits per heavy atom. The lowest BCUT2D eigenvalue weighted by molar-refractivity contribution is 0.122. The van der Waals surface area contributed by atoms with Crippen molar-refractivity contribution in [1.29, 1.82) is 0 Å². The summed E-state index contributed by atoms with van der Waals surface area (Å²) in [6.07, 6.45) is 5.73. The van der Waals surface area contributed by atoms with Crippen LogP contribution in [0.5, 0.6) is 0 Å². The Morgan fingerprint density at radius 1 is 1.26 bits per heavy atom. The van der Waals surface area contributed by atoms with E-state index < -0.39 is 0 Å². The van der Waals surface area contributed by atoms with Crippen molar-refractivity contribution in [3.63, 3.8) is 0 Å². The molecule has 0 spiro atoms. The maximum atomic E-state index is 9.59. The summed E-state index contributed by atoms with van der Waals surface area (Å²) in [4.78, 5) is 6.75. The Morgan fingerprint density at radius 2 is 2.00 bits per heavy atom. The van der Waals surface area contributed by atoms with Crippen LogP contribution in [-0.4, -0.2) is 33.9 Å². The Labute approximate surface area is 113 Å². The van der Waals surface area contributed by atoms with E-state index in [1.54, 1.807) is 0 Å². The fourth-order valence-corrected chi connectivity index (χ4v) is 3.00. The first-order chi connectivity index (χ1) is 9.15. The van der Waals surface area contributed by atoms with Crippen molar-refractivity contribution >= 4 is 16.7 Å². The van der Waals surface area contributed by atoms with Crippen LogP contribution in [0.4, 0.5) is 5.69 Å². The summed E-state index contributed by atoms with van der Waals surface area (Å²) in [6.45, 7) is 0. The van der Waals surface area contributed by atoms with Crippen molar-refractivity contribution in [2.24, 2.45) is 7.05 Å². The Hall–Kier alpha value is -1.55. The van der Waals surface area contributed by atoms with Crippen LogP contribution in [0.3, 0.4) is 0 Å². The van der Waals surface area contributed by atoms with Crippen molar-refractivity contribution in [2.45, 2.75) is 37.8 Å². The molecule has 4 nitrogen and oxygen atoms in total. The van der Waals surface area contributed by atoms with E-state index >= 15 is 0 Å². The molecule has 0 atom stereocenters. The lowest BCUT2D eigenvalue weighted by Gasteiger charge is -2.34. The number of benzene rings is 1. The van der Waals surface area contributed by atoms with Crippen molar-refractivity contribution in [1.82, 2.24) is 9.55 Å². The average Bonchev–Trinajstić information content (AvgIpc) is 2.80. The van der Waals surface area contributed by atoms with Gasteiger partial charge in [-0.3, -0.25) is 0 Å². The monoisotopic (exact) mass is 259 g/mol. The molecule has 0 amide bonds. The largest absolute Gasteiger partial charge is 0.393 e. The highest BCUT2D eigenvalue weighted by Gasteiger charge is 2.23. The predicted octanol–water partition coefficient (Wildman–Crippen LogP) is 2.31. The van der Waals surface area contributed by atoms with Crippen LogP contribution >= 0.6 is 0 Å². The van der Waals surface area contributed by atoms with E-state index in [2.05, 4.69) is 35.1 Å². The number of aliphatic hydroxyl groups excluding tert-OH is 1. The molecule has 1 aliphatic carbocycles. The Bertz CT molecular complexity index is 570. The van der Waals surface area contributed by atoms with Crippen LogP contribution in [0.1, 0.15) is 25.7 Å². The first-order valence-electron chi connectivity index (χ1n) is 6.97. The van der Waals surface area contributed by atoms with Gasteiger partial charge in [0.05, 0.1) is 23.5 Å². The van der Waals surface area contributed by atoms with Crippen LogP contribution in [0, 0.1) is 0 Å². The molecule has 0 bridgehead atoms. The van der Waals surface area contributed by atoms with Crippen molar-refractivity contribution < 1.29 is 5.11 Å². The van der Waals surface area contributed by atoms with Gasteiger partial charge in [0.2, 0.25) is 0 Å². The van der Waals surface area contributed by atoms with Gasteiger partial charge in [0.25, 0.3) is 0 Å². The fraction of sp³-hybridized carbons (Fsp3) is 0.533. The quantitative estimate of drug-likeness (QED) is 0.900. The van der Waals surface area contributed by atoms with Crippen molar-refractivity contribution in [3.8, 4) is 0 Å². The zero-order chi connectivity index (χ0) is 13.4. The number of nitrogens with zero attached hydrogens (tertiary/aromatic N) is 3. The first kappa shape index (κ1) is 12.5. The van der Waals surface area contributed by atoms with Gasteiger partial charge in [-0.2, -0.15) is 0 Å². The molecule has 1 heterocycles. The zero-order valence-electron chi connectivity index (χ0n) is 11.6. The van der Waals surface area contributed by atoms with E-state index in [0.717, 1.165) is 36.7 Å². The molecule has 1 aromatic carbocycles. The van der Waals surface area contributed by atoms with Crippen LogP contribution in [-0.2, 0) is 7.05 Å². The standard InChI is InChI=1S/C15H21N3O/c1-17-10-16-14-9-12(5-8-15(14)17)18(2)11-3-6-13(19)7-4-11/h5,8-11,13,19H,3-4,6-7H2,1-2H3. The summed E-state index contributed by atoms with van der Waals surface area (Å²) in [6, 6.07) is 6.98. The van der Waals surface area contributed by atoms with Gasteiger partial charge in [0, 0.05) is 25.8 Å². The number of imidazole rings is 1. The summed E-state index contributed by atoms with van der Waals surface area (Å²) < 4.78 is 2.04. The molecule has 3 rings (SSSR count). The number of aliphatic hydroxyl groups is 1. The molecule has 0 radical (unpaired) electrons. The summed E-state index contributed by atoms with van der Waals surface area (Å²) in [7, 11) is 4.16. The minimum Gasteiger partial charge on any atom is -0.393 e. The van der Waals surface area contributed by atoms with Crippen LogP contribution in [0.25, 0.3) is 11.0 Å². The van der Waals surface area contributed by atoms with Gasteiger partial charge in [0.1, 0.15) is 0 Å². The van der Waals surface area contributed by atoms with Gasteiger partial charge in [-0.05, 0) is 43.9 Å². The average molecular weight is 259 g/mol. The predicted molar refractivity (Wildman–Crippen MR) is 77.4 cm³/mol. The molecule has 2 aromatic rings. The molecular formula is C15H21N3O. The maximum Gasteiger partial charge on any atom is 0.0955 e. The van der Waals surface area contributed by atoms with E-state index in [1.165, 1.54) is 5.69 Å². The smallest absolute Gasteiger partial charge is 0.0955 e. The molecule has 1 N–H and O–H groups in total. The molecular weight excluding hydrogens is 238 g/mol. The number of anilines is 1. The zero-order valence-corrected chi connectivity index (χ0v) is 11.6. The van der Waals surface area contributed by atoms with E-state index in [4.69, 9.17) is 0 Å². The SMILES string of the molecule is CN(c1ccc2c(c1)ncn2C)C1CCC(O)CC1. The molecule has 1 fully saturated rings. The minimum absolute atomic E-state index is 0.0945. The number of rotatable bonds is 2. The van der Waals surface area contributed by atoms with Crippen LogP contribution in [0.2, 0.25) is 0 Å². The second kappa shape index (κ2) is 4.85. The lowest BCUT2D eigenvalue weighted by Crippen LogP contribution is -2.36. The van der Waals surface area contributed by atoms with Gasteiger partial charge >= 0.3 is 0 Å². The molecule has 0 unspecified atom stereocenters. The minimum atomic E-state index is -0.0945. The van der Waals surface area contributed by atoms with Gasteiger partial charge in [0.15, 0.2) is 0 Å². The number of aromatic nitrogens is 2. The molecule has 0 aliphatic heterocycles. The number of fused-ring (bicyclic) bond motifs is 1.